The first-order chi connectivity index (χ1) is 19.5. The van der Waals surface area contributed by atoms with Gasteiger partial charge in [0.25, 0.3) is 5.91 Å². The Balaban J connectivity index is 1.29. The van der Waals surface area contributed by atoms with Gasteiger partial charge >= 0.3 is 0 Å². The molecule has 1 saturated carbocycles. The van der Waals surface area contributed by atoms with Crippen molar-refractivity contribution >= 4 is 63.5 Å². The molecule has 1 saturated heterocycles. The number of thiocarbonyl (C=S) groups is 1. The molecule has 1 aliphatic heterocycles. The van der Waals surface area contributed by atoms with Crippen LogP contribution in [0.15, 0.2) is 83.9 Å². The number of carbonyl (C=O) groups excluding carboxylic acids is 1. The van der Waals surface area contributed by atoms with Gasteiger partial charge in [0, 0.05) is 39.0 Å². The van der Waals surface area contributed by atoms with Crippen LogP contribution in [0.3, 0.4) is 0 Å². The zero-order valence-corrected chi connectivity index (χ0v) is 24.6. The number of ether oxygens (including phenoxy) is 1. The molecule has 9 heteroatoms. The Morgan fingerprint density at radius 1 is 1.02 bits per heavy atom. The van der Waals surface area contributed by atoms with E-state index in [1.807, 2.05) is 82.5 Å². The Morgan fingerprint density at radius 3 is 2.50 bits per heavy atom. The van der Waals surface area contributed by atoms with Gasteiger partial charge in [-0.2, -0.15) is 5.10 Å². The van der Waals surface area contributed by atoms with E-state index in [2.05, 4.69) is 0 Å². The number of hydrogen-bond donors (Lipinski definition) is 0. The molecule has 2 fully saturated rings. The number of halogens is 2. The maximum absolute atomic E-state index is 13.4. The first-order valence-corrected chi connectivity index (χ1v) is 15.0. The fourth-order valence-electron chi connectivity index (χ4n) is 5.04. The highest BCUT2D eigenvalue weighted by Gasteiger charge is 2.38. The molecule has 0 N–H and O–H groups in total. The largest absolute Gasteiger partial charge is 0.489 e. The normalized spacial score (nSPS) is 16.9. The lowest BCUT2D eigenvalue weighted by molar-refractivity contribution is -0.123. The quantitative estimate of drug-likeness (QED) is 0.156. The minimum Gasteiger partial charge on any atom is -0.489 e. The van der Waals surface area contributed by atoms with E-state index in [1.165, 1.54) is 11.8 Å². The molecule has 2 heterocycles. The highest BCUT2D eigenvalue weighted by molar-refractivity contribution is 8.26. The van der Waals surface area contributed by atoms with Crippen LogP contribution in [-0.4, -0.2) is 30.9 Å². The Labute approximate surface area is 252 Å². The van der Waals surface area contributed by atoms with E-state index < -0.39 is 0 Å². The molecule has 0 radical (unpaired) electrons. The summed E-state index contributed by atoms with van der Waals surface area (Å²) in [6, 6.07) is 23.2. The van der Waals surface area contributed by atoms with E-state index in [0.29, 0.717) is 31.6 Å². The third-order valence-corrected chi connectivity index (χ3v) is 9.02. The van der Waals surface area contributed by atoms with Crippen molar-refractivity contribution in [2.24, 2.45) is 0 Å². The first kappa shape index (κ1) is 27.1. The van der Waals surface area contributed by atoms with Gasteiger partial charge in [0.1, 0.15) is 16.7 Å². The SMILES string of the molecule is O=C1C(=Cc2cn(-c3ccccc3)nc2-c2ccc(OCc3ccc(Cl)cc3Cl)cc2)SC(=S)N1C1CCCC1. The number of hydrogen-bond acceptors (Lipinski definition) is 5. The second kappa shape index (κ2) is 11.8. The highest BCUT2D eigenvalue weighted by atomic mass is 35.5. The average molecular weight is 607 g/mol. The van der Waals surface area contributed by atoms with E-state index >= 15 is 0 Å². The molecule has 4 aromatic rings. The van der Waals surface area contributed by atoms with Crippen LogP contribution >= 0.6 is 47.2 Å². The van der Waals surface area contributed by atoms with E-state index in [0.717, 1.165) is 53.8 Å². The van der Waals surface area contributed by atoms with Crippen molar-refractivity contribution in [2.75, 3.05) is 0 Å². The minimum absolute atomic E-state index is 0.00933. The highest BCUT2D eigenvalue weighted by Crippen LogP contribution is 2.39. The molecule has 6 rings (SSSR count). The van der Waals surface area contributed by atoms with Crippen LogP contribution in [0.25, 0.3) is 23.0 Å². The van der Waals surface area contributed by atoms with Gasteiger partial charge in [0.2, 0.25) is 0 Å². The molecule has 0 unspecified atom stereocenters. The number of thioether (sulfide) groups is 1. The Morgan fingerprint density at radius 2 is 1.77 bits per heavy atom. The number of nitrogens with zero attached hydrogens (tertiary/aromatic N) is 3. The standard InChI is InChI=1S/C31H25Cl2N3O2S2/c32-23-13-10-21(27(33)17-23)19-38-26-14-11-20(12-15-26)29-22(18-35(34-29)24-6-2-1-3-7-24)16-28-30(37)36(31(39)40-28)25-8-4-5-9-25/h1-3,6-7,10-18,25H,4-5,8-9,19H2. The van der Waals surface area contributed by atoms with Crippen molar-refractivity contribution in [2.45, 2.75) is 38.3 Å². The molecule has 1 aromatic heterocycles. The van der Waals surface area contributed by atoms with Crippen molar-refractivity contribution in [1.82, 2.24) is 14.7 Å². The first-order valence-electron chi connectivity index (χ1n) is 13.1. The third kappa shape index (κ3) is 5.70. The molecule has 3 aromatic carbocycles. The summed E-state index contributed by atoms with van der Waals surface area (Å²) in [6.07, 6.45) is 8.18. The summed E-state index contributed by atoms with van der Waals surface area (Å²) in [7, 11) is 0. The monoisotopic (exact) mass is 605 g/mol. The number of rotatable bonds is 7. The van der Waals surface area contributed by atoms with Crippen LogP contribution < -0.4 is 4.74 Å². The second-order valence-corrected chi connectivity index (χ2v) is 12.3. The molecule has 5 nitrogen and oxygen atoms in total. The molecular formula is C31H25Cl2N3O2S2. The number of para-hydroxylation sites is 1. The summed E-state index contributed by atoms with van der Waals surface area (Å²) in [6.45, 7) is 0.325. The fraction of sp³-hybridized carbons (Fsp3) is 0.194. The van der Waals surface area contributed by atoms with Crippen LogP contribution in [0.5, 0.6) is 5.75 Å². The van der Waals surface area contributed by atoms with Gasteiger partial charge in [-0.25, -0.2) is 4.68 Å². The number of carbonyl (C=O) groups is 1. The van der Waals surface area contributed by atoms with Crippen LogP contribution in [-0.2, 0) is 11.4 Å². The summed E-state index contributed by atoms with van der Waals surface area (Å²) < 4.78 is 8.45. The van der Waals surface area contributed by atoms with E-state index in [-0.39, 0.29) is 11.9 Å². The maximum atomic E-state index is 13.4. The van der Waals surface area contributed by atoms with Crippen LogP contribution in [0.4, 0.5) is 0 Å². The minimum atomic E-state index is -0.00933. The van der Waals surface area contributed by atoms with Gasteiger partial charge in [-0.15, -0.1) is 0 Å². The summed E-state index contributed by atoms with van der Waals surface area (Å²) >= 11 is 19.3. The lowest BCUT2D eigenvalue weighted by Crippen LogP contribution is -2.36. The zero-order chi connectivity index (χ0) is 27.6. The number of amides is 1. The van der Waals surface area contributed by atoms with Crippen molar-refractivity contribution in [3.8, 4) is 22.7 Å². The lowest BCUT2D eigenvalue weighted by atomic mass is 10.1. The van der Waals surface area contributed by atoms with Crippen LogP contribution in [0.2, 0.25) is 10.0 Å². The van der Waals surface area contributed by atoms with Crippen molar-refractivity contribution < 1.29 is 9.53 Å². The Bertz CT molecular complexity index is 1600. The molecule has 0 bridgehead atoms. The van der Waals surface area contributed by atoms with Gasteiger partial charge in [-0.1, -0.05) is 84.3 Å². The smallest absolute Gasteiger partial charge is 0.266 e. The Hall–Kier alpha value is -3.10. The van der Waals surface area contributed by atoms with Gasteiger partial charge in [-0.05, 0) is 67.4 Å². The molecule has 2 aliphatic rings. The predicted octanol–water partition coefficient (Wildman–Crippen LogP) is 8.57. The number of benzene rings is 3. The van der Waals surface area contributed by atoms with Gasteiger partial charge in [0.05, 0.1) is 16.3 Å². The average Bonchev–Trinajstić information content (AvgIpc) is 3.69. The fourth-order valence-corrected chi connectivity index (χ4v) is 6.89. The maximum Gasteiger partial charge on any atom is 0.266 e. The third-order valence-electron chi connectivity index (χ3n) is 7.10. The summed E-state index contributed by atoms with van der Waals surface area (Å²) in [5.41, 5.74) is 4.31. The van der Waals surface area contributed by atoms with Gasteiger partial charge in [-0.3, -0.25) is 9.69 Å². The molecule has 40 heavy (non-hydrogen) atoms. The van der Waals surface area contributed by atoms with E-state index in [4.69, 9.17) is 45.3 Å². The molecule has 0 spiro atoms. The lowest BCUT2D eigenvalue weighted by Gasteiger charge is -2.21. The van der Waals surface area contributed by atoms with E-state index in [1.54, 1.807) is 12.1 Å². The summed E-state index contributed by atoms with van der Waals surface area (Å²) in [5.74, 6) is 0.696. The molecule has 0 atom stereocenters. The van der Waals surface area contributed by atoms with Crippen molar-refractivity contribution in [3.05, 3.63) is 105 Å². The Kier molecular flexibility index (Phi) is 7.98. The zero-order valence-electron chi connectivity index (χ0n) is 21.4. The summed E-state index contributed by atoms with van der Waals surface area (Å²) in [4.78, 5) is 15.8. The van der Waals surface area contributed by atoms with Gasteiger partial charge in [0.15, 0.2) is 0 Å². The topological polar surface area (TPSA) is 47.4 Å². The molecular weight excluding hydrogens is 581 g/mol. The molecule has 1 amide bonds. The summed E-state index contributed by atoms with van der Waals surface area (Å²) in [5, 5.41) is 6.07. The second-order valence-electron chi connectivity index (χ2n) is 9.75. The number of aromatic nitrogens is 2. The molecule has 1 aliphatic carbocycles. The van der Waals surface area contributed by atoms with E-state index in [9.17, 15) is 4.79 Å². The van der Waals surface area contributed by atoms with Crippen molar-refractivity contribution in [3.63, 3.8) is 0 Å². The predicted molar refractivity (Wildman–Crippen MR) is 167 cm³/mol. The van der Waals surface area contributed by atoms with Crippen molar-refractivity contribution in [1.29, 1.82) is 0 Å². The van der Waals surface area contributed by atoms with Crippen LogP contribution in [0.1, 0.15) is 36.8 Å². The van der Waals surface area contributed by atoms with Gasteiger partial charge < -0.3 is 4.74 Å². The van der Waals surface area contributed by atoms with Crippen LogP contribution in [0, 0.1) is 0 Å². The molecule has 202 valence electrons.